The van der Waals surface area contributed by atoms with Crippen molar-refractivity contribution in [2.75, 3.05) is 4.90 Å². The van der Waals surface area contributed by atoms with E-state index in [4.69, 9.17) is 4.42 Å². The van der Waals surface area contributed by atoms with E-state index in [0.29, 0.717) is 0 Å². The molecule has 8 aromatic rings. The summed E-state index contributed by atoms with van der Waals surface area (Å²) in [6, 6.07) is 62.1. The summed E-state index contributed by atoms with van der Waals surface area (Å²) >= 11 is 0. The first-order chi connectivity index (χ1) is 21.8. The van der Waals surface area contributed by atoms with Gasteiger partial charge in [0.1, 0.15) is 11.2 Å². The number of benzene rings is 7. The van der Waals surface area contributed by atoms with Gasteiger partial charge in [0.05, 0.1) is 11.1 Å². The van der Waals surface area contributed by atoms with Crippen molar-refractivity contribution in [1.82, 2.24) is 0 Å². The van der Waals surface area contributed by atoms with Crippen LogP contribution in [0.15, 0.2) is 180 Å². The summed E-state index contributed by atoms with van der Waals surface area (Å²) < 4.78 is 6.43. The van der Waals surface area contributed by atoms with E-state index in [1.807, 2.05) is 0 Å². The summed E-state index contributed by atoms with van der Waals surface area (Å²) in [4.78, 5) is 2.34. The molecule has 8 rings (SSSR count). The largest absolute Gasteiger partial charge is 0.456 e. The van der Waals surface area contributed by atoms with Crippen LogP contribution in [-0.2, 0) is 0 Å². The third-order valence-electron chi connectivity index (χ3n) is 8.29. The van der Waals surface area contributed by atoms with Crippen LogP contribution < -0.4 is 4.90 Å². The molecule has 2 heteroatoms. The van der Waals surface area contributed by atoms with Crippen molar-refractivity contribution in [2.45, 2.75) is 0 Å². The fourth-order valence-corrected chi connectivity index (χ4v) is 6.10. The van der Waals surface area contributed by atoms with Crippen LogP contribution in [0.2, 0.25) is 0 Å². The fourth-order valence-electron chi connectivity index (χ4n) is 6.10. The van der Waals surface area contributed by atoms with Crippen LogP contribution in [-0.4, -0.2) is 0 Å². The lowest BCUT2D eigenvalue weighted by Gasteiger charge is -2.26. The molecule has 0 saturated heterocycles. The number of furan rings is 1. The van der Waals surface area contributed by atoms with Gasteiger partial charge in [-0.2, -0.15) is 0 Å². The van der Waals surface area contributed by atoms with E-state index >= 15 is 0 Å². The van der Waals surface area contributed by atoms with Gasteiger partial charge in [0, 0.05) is 16.8 Å². The standard InChI is InChI=1S/C42H29NO/c1-4-11-30(12-5-1)33-19-24-36(25-20-33)43(37-26-21-34(22-27-37)31-13-6-2-7-14-31)39-17-10-18-41-42(39)38-29-35(23-28-40(38)44-41)32-15-8-3-9-16-32/h1-29H. The second-order valence-corrected chi connectivity index (χ2v) is 11.0. The van der Waals surface area contributed by atoms with Gasteiger partial charge in [0.25, 0.3) is 0 Å². The van der Waals surface area contributed by atoms with Crippen molar-refractivity contribution in [3.05, 3.63) is 176 Å². The Morgan fingerprint density at radius 1 is 0.341 bits per heavy atom. The molecule has 1 heterocycles. The number of hydrogen-bond donors (Lipinski definition) is 0. The van der Waals surface area contributed by atoms with Gasteiger partial charge in [0.15, 0.2) is 0 Å². The minimum atomic E-state index is 0.870. The lowest BCUT2D eigenvalue weighted by atomic mass is 10.0. The topological polar surface area (TPSA) is 16.4 Å². The maximum Gasteiger partial charge on any atom is 0.137 e. The first kappa shape index (κ1) is 25.8. The third kappa shape index (κ3) is 4.73. The lowest BCUT2D eigenvalue weighted by Crippen LogP contribution is -2.10. The van der Waals surface area contributed by atoms with Gasteiger partial charge in [-0.1, -0.05) is 127 Å². The molecular weight excluding hydrogens is 534 g/mol. The first-order valence-electron chi connectivity index (χ1n) is 14.9. The van der Waals surface area contributed by atoms with Crippen LogP contribution in [0.4, 0.5) is 17.1 Å². The average Bonchev–Trinajstić information content (AvgIpc) is 3.49. The van der Waals surface area contributed by atoms with Crippen LogP contribution in [0.5, 0.6) is 0 Å². The highest BCUT2D eigenvalue weighted by molar-refractivity contribution is 6.14. The summed E-state index contributed by atoms with van der Waals surface area (Å²) in [6.07, 6.45) is 0. The Balaban J connectivity index is 1.31. The number of rotatable bonds is 6. The molecule has 1 aromatic heterocycles. The van der Waals surface area contributed by atoms with Gasteiger partial charge in [0.2, 0.25) is 0 Å². The van der Waals surface area contributed by atoms with Gasteiger partial charge in [-0.05, 0) is 81.9 Å². The van der Waals surface area contributed by atoms with Crippen molar-refractivity contribution in [1.29, 1.82) is 0 Å². The van der Waals surface area contributed by atoms with Crippen molar-refractivity contribution in [3.63, 3.8) is 0 Å². The second kappa shape index (κ2) is 11.1. The molecule has 2 nitrogen and oxygen atoms in total. The predicted molar refractivity (Wildman–Crippen MR) is 185 cm³/mol. The minimum Gasteiger partial charge on any atom is -0.456 e. The smallest absolute Gasteiger partial charge is 0.137 e. The molecule has 0 N–H and O–H groups in total. The Hall–Kier alpha value is -5.86. The van der Waals surface area contributed by atoms with E-state index in [1.54, 1.807) is 0 Å². The van der Waals surface area contributed by atoms with Crippen LogP contribution in [0.1, 0.15) is 0 Å². The molecule has 0 saturated carbocycles. The van der Waals surface area contributed by atoms with E-state index in [1.165, 1.54) is 33.4 Å². The zero-order chi connectivity index (χ0) is 29.3. The summed E-state index contributed by atoms with van der Waals surface area (Å²) in [7, 11) is 0. The minimum absolute atomic E-state index is 0.870. The van der Waals surface area contributed by atoms with Gasteiger partial charge in [-0.25, -0.2) is 0 Å². The normalized spacial score (nSPS) is 11.2. The second-order valence-electron chi connectivity index (χ2n) is 11.0. The summed E-state index contributed by atoms with van der Waals surface area (Å²) in [5.74, 6) is 0. The first-order valence-corrected chi connectivity index (χ1v) is 14.9. The Bertz CT molecular complexity index is 2100. The monoisotopic (exact) mass is 563 g/mol. The van der Waals surface area contributed by atoms with Gasteiger partial charge in [-0.3, -0.25) is 0 Å². The number of nitrogens with zero attached hydrogens (tertiary/aromatic N) is 1. The Morgan fingerprint density at radius 3 is 1.32 bits per heavy atom. The highest BCUT2D eigenvalue weighted by Crippen LogP contribution is 2.44. The zero-order valence-electron chi connectivity index (χ0n) is 24.1. The molecule has 0 aliphatic heterocycles. The van der Waals surface area contributed by atoms with Gasteiger partial charge in [-0.15, -0.1) is 0 Å². The molecule has 208 valence electrons. The maximum atomic E-state index is 6.43. The zero-order valence-corrected chi connectivity index (χ0v) is 24.1. The Labute approximate surface area is 257 Å². The molecule has 0 fully saturated rings. The van der Waals surface area contributed by atoms with Crippen molar-refractivity contribution >= 4 is 39.0 Å². The number of anilines is 3. The molecule has 0 bridgehead atoms. The van der Waals surface area contributed by atoms with E-state index < -0.39 is 0 Å². The lowest BCUT2D eigenvalue weighted by molar-refractivity contribution is 0.669. The van der Waals surface area contributed by atoms with E-state index in [2.05, 4.69) is 181 Å². The van der Waals surface area contributed by atoms with Crippen LogP contribution in [0, 0.1) is 0 Å². The Morgan fingerprint density at radius 2 is 0.795 bits per heavy atom. The van der Waals surface area contributed by atoms with E-state index in [0.717, 1.165) is 39.0 Å². The maximum absolute atomic E-state index is 6.43. The molecular formula is C42H29NO. The van der Waals surface area contributed by atoms with Crippen LogP contribution >= 0.6 is 0 Å². The molecule has 0 atom stereocenters. The highest BCUT2D eigenvalue weighted by Gasteiger charge is 2.20. The fraction of sp³-hybridized carbons (Fsp3) is 0. The van der Waals surface area contributed by atoms with Crippen LogP contribution in [0.25, 0.3) is 55.3 Å². The third-order valence-corrected chi connectivity index (χ3v) is 8.29. The molecule has 7 aromatic carbocycles. The molecule has 0 amide bonds. The quantitative estimate of drug-likeness (QED) is 0.200. The molecule has 0 spiro atoms. The Kier molecular flexibility index (Phi) is 6.51. The SMILES string of the molecule is c1ccc(-c2ccc(N(c3ccc(-c4ccccc4)cc3)c3cccc4oc5ccc(-c6ccccc6)cc5c34)cc2)cc1. The highest BCUT2D eigenvalue weighted by atomic mass is 16.3. The van der Waals surface area contributed by atoms with Gasteiger partial charge < -0.3 is 9.32 Å². The predicted octanol–water partition coefficient (Wildman–Crippen LogP) is 12.1. The molecule has 44 heavy (non-hydrogen) atoms. The average molecular weight is 564 g/mol. The van der Waals surface area contributed by atoms with E-state index in [9.17, 15) is 0 Å². The molecule has 0 aliphatic rings. The van der Waals surface area contributed by atoms with Crippen molar-refractivity contribution in [3.8, 4) is 33.4 Å². The molecule has 0 radical (unpaired) electrons. The number of hydrogen-bond acceptors (Lipinski definition) is 2. The van der Waals surface area contributed by atoms with E-state index in [-0.39, 0.29) is 0 Å². The summed E-state index contributed by atoms with van der Waals surface area (Å²) in [5, 5.41) is 2.20. The van der Waals surface area contributed by atoms with Crippen LogP contribution in [0.3, 0.4) is 0 Å². The number of fused-ring (bicyclic) bond motifs is 3. The van der Waals surface area contributed by atoms with Crippen molar-refractivity contribution < 1.29 is 4.42 Å². The molecule has 0 aliphatic carbocycles. The van der Waals surface area contributed by atoms with Gasteiger partial charge >= 0.3 is 0 Å². The molecule has 0 unspecified atom stereocenters. The van der Waals surface area contributed by atoms with Crippen molar-refractivity contribution in [2.24, 2.45) is 0 Å². The summed E-state index contributed by atoms with van der Waals surface area (Å²) in [6.45, 7) is 0. The summed E-state index contributed by atoms with van der Waals surface area (Å²) in [5.41, 5.74) is 12.1.